The molecule has 2 heterocycles. The van der Waals surface area contributed by atoms with Crippen molar-refractivity contribution in [1.82, 2.24) is 9.78 Å². The van der Waals surface area contributed by atoms with Crippen LogP contribution in [0.4, 0.5) is 0 Å². The van der Waals surface area contributed by atoms with Crippen LogP contribution in [0, 0.1) is 6.92 Å². The van der Waals surface area contributed by atoms with E-state index in [9.17, 15) is 5.11 Å². The summed E-state index contributed by atoms with van der Waals surface area (Å²) in [6.45, 7) is 6.18. The second-order valence-corrected chi connectivity index (χ2v) is 5.52. The number of hydrogen-bond acceptors (Lipinski definition) is 3. The van der Waals surface area contributed by atoms with Crippen molar-refractivity contribution >= 4 is 11.3 Å². The summed E-state index contributed by atoms with van der Waals surface area (Å²) in [5.41, 5.74) is 0.857. The number of aromatic nitrogens is 2. The zero-order valence-electron chi connectivity index (χ0n) is 9.71. The van der Waals surface area contributed by atoms with Gasteiger partial charge < -0.3 is 5.11 Å². The summed E-state index contributed by atoms with van der Waals surface area (Å²) in [5, 5.41) is 14.4. The van der Waals surface area contributed by atoms with Gasteiger partial charge in [-0.3, -0.25) is 4.68 Å². The predicted octanol–water partition coefficient (Wildman–Crippen LogP) is 2.92. The van der Waals surface area contributed by atoms with Crippen molar-refractivity contribution in [1.29, 1.82) is 0 Å². The Labute approximate surface area is 99.4 Å². The first-order chi connectivity index (χ1) is 7.58. The number of aryl methyl sites for hydroxylation is 1. The van der Waals surface area contributed by atoms with E-state index in [4.69, 9.17) is 0 Å². The lowest BCUT2D eigenvalue weighted by atomic mass is 10.2. The minimum Gasteiger partial charge on any atom is -0.383 e. The molecule has 1 atom stereocenters. The molecular weight excluding hydrogens is 220 g/mol. The molecule has 0 aliphatic carbocycles. The Morgan fingerprint density at radius 1 is 1.38 bits per heavy atom. The van der Waals surface area contributed by atoms with Gasteiger partial charge in [-0.25, -0.2) is 0 Å². The quantitative estimate of drug-likeness (QED) is 0.889. The van der Waals surface area contributed by atoms with Crippen LogP contribution in [0.1, 0.15) is 41.3 Å². The van der Waals surface area contributed by atoms with Gasteiger partial charge in [-0.1, -0.05) is 0 Å². The van der Waals surface area contributed by atoms with Crippen molar-refractivity contribution in [2.45, 2.75) is 32.9 Å². The Morgan fingerprint density at radius 2 is 2.12 bits per heavy atom. The van der Waals surface area contributed by atoms with E-state index in [-0.39, 0.29) is 0 Å². The lowest BCUT2D eigenvalue weighted by molar-refractivity contribution is 0.224. The second-order valence-electron chi connectivity index (χ2n) is 4.20. The lowest BCUT2D eigenvalue weighted by Crippen LogP contribution is -2.00. The number of rotatable bonds is 3. The van der Waals surface area contributed by atoms with Gasteiger partial charge in [0.1, 0.15) is 6.10 Å². The molecule has 0 saturated heterocycles. The summed E-state index contributed by atoms with van der Waals surface area (Å²) in [7, 11) is 0. The Hall–Kier alpha value is -1.13. The molecule has 2 rings (SSSR count). The van der Waals surface area contributed by atoms with E-state index < -0.39 is 6.10 Å². The van der Waals surface area contributed by atoms with Crippen LogP contribution in [-0.2, 0) is 0 Å². The van der Waals surface area contributed by atoms with Crippen molar-refractivity contribution in [2.24, 2.45) is 0 Å². The topological polar surface area (TPSA) is 38.1 Å². The summed E-state index contributed by atoms with van der Waals surface area (Å²) >= 11 is 1.62. The number of aliphatic hydroxyl groups excluding tert-OH is 1. The predicted molar refractivity (Wildman–Crippen MR) is 65.7 cm³/mol. The number of thiophene rings is 1. The third kappa shape index (κ3) is 2.18. The van der Waals surface area contributed by atoms with Crippen molar-refractivity contribution in [2.75, 3.05) is 0 Å². The normalized spacial score (nSPS) is 13.3. The van der Waals surface area contributed by atoms with Crippen LogP contribution in [0.3, 0.4) is 0 Å². The molecule has 0 spiro atoms. The number of nitrogens with zero attached hydrogens (tertiary/aromatic N) is 2. The summed E-state index contributed by atoms with van der Waals surface area (Å²) in [6.07, 6.45) is 3.09. The highest BCUT2D eigenvalue weighted by molar-refractivity contribution is 7.12. The van der Waals surface area contributed by atoms with Crippen molar-refractivity contribution < 1.29 is 5.11 Å². The molecule has 0 saturated carbocycles. The van der Waals surface area contributed by atoms with Gasteiger partial charge in [-0.15, -0.1) is 11.3 Å². The van der Waals surface area contributed by atoms with Crippen LogP contribution in [0.15, 0.2) is 24.5 Å². The van der Waals surface area contributed by atoms with Crippen LogP contribution in [-0.4, -0.2) is 14.9 Å². The van der Waals surface area contributed by atoms with E-state index in [0.29, 0.717) is 6.04 Å². The largest absolute Gasteiger partial charge is 0.383 e. The monoisotopic (exact) mass is 236 g/mol. The molecule has 0 fully saturated rings. The van der Waals surface area contributed by atoms with E-state index in [0.717, 1.165) is 10.4 Å². The molecule has 0 aliphatic rings. The van der Waals surface area contributed by atoms with Crippen LogP contribution < -0.4 is 0 Å². The van der Waals surface area contributed by atoms with Crippen molar-refractivity contribution in [3.8, 4) is 0 Å². The maximum absolute atomic E-state index is 10.2. The average molecular weight is 236 g/mol. The third-order valence-corrected chi connectivity index (χ3v) is 3.55. The van der Waals surface area contributed by atoms with E-state index in [2.05, 4.69) is 18.9 Å². The fraction of sp³-hybridized carbons (Fsp3) is 0.417. The molecule has 0 aliphatic heterocycles. The minimum atomic E-state index is -0.550. The summed E-state index contributed by atoms with van der Waals surface area (Å²) in [5.74, 6) is 0. The van der Waals surface area contributed by atoms with Gasteiger partial charge in [0, 0.05) is 27.6 Å². The SMILES string of the molecule is Cc1ccc(C(O)c2cnn(C(C)C)c2)s1. The maximum Gasteiger partial charge on any atom is 0.116 e. The molecule has 16 heavy (non-hydrogen) atoms. The molecule has 3 nitrogen and oxygen atoms in total. The highest BCUT2D eigenvalue weighted by Gasteiger charge is 2.14. The third-order valence-electron chi connectivity index (χ3n) is 2.50. The standard InChI is InChI=1S/C12H16N2OS/c1-8(2)14-7-10(6-13-14)12(15)11-5-4-9(3)16-11/h4-8,12,15H,1-3H3. The molecule has 86 valence electrons. The highest BCUT2D eigenvalue weighted by Crippen LogP contribution is 2.28. The molecule has 0 radical (unpaired) electrons. The zero-order chi connectivity index (χ0) is 11.7. The molecule has 0 amide bonds. The van der Waals surface area contributed by atoms with Gasteiger partial charge in [0.05, 0.1) is 6.20 Å². The molecule has 1 N–H and O–H groups in total. The van der Waals surface area contributed by atoms with Crippen LogP contribution >= 0.6 is 11.3 Å². The van der Waals surface area contributed by atoms with Crippen molar-refractivity contribution in [3.05, 3.63) is 39.8 Å². The number of hydrogen-bond donors (Lipinski definition) is 1. The molecule has 0 aromatic carbocycles. The molecule has 1 unspecified atom stereocenters. The first-order valence-corrected chi connectivity index (χ1v) is 6.18. The zero-order valence-corrected chi connectivity index (χ0v) is 10.5. The molecule has 4 heteroatoms. The molecule has 2 aromatic heterocycles. The lowest BCUT2D eigenvalue weighted by Gasteiger charge is -2.06. The Balaban J connectivity index is 2.23. The molecule has 0 bridgehead atoms. The van der Waals surface area contributed by atoms with Gasteiger partial charge >= 0.3 is 0 Å². The van der Waals surface area contributed by atoms with E-state index >= 15 is 0 Å². The first-order valence-electron chi connectivity index (χ1n) is 5.36. The summed E-state index contributed by atoms with van der Waals surface area (Å²) in [4.78, 5) is 2.19. The summed E-state index contributed by atoms with van der Waals surface area (Å²) < 4.78 is 1.86. The molecular formula is C12H16N2OS. The van der Waals surface area contributed by atoms with Gasteiger partial charge in [-0.05, 0) is 32.9 Å². The Bertz CT molecular complexity index is 473. The van der Waals surface area contributed by atoms with Crippen molar-refractivity contribution in [3.63, 3.8) is 0 Å². The Kier molecular flexibility index (Phi) is 3.12. The smallest absolute Gasteiger partial charge is 0.116 e. The molecule has 2 aromatic rings. The Morgan fingerprint density at radius 3 is 2.62 bits per heavy atom. The van der Waals surface area contributed by atoms with Gasteiger partial charge in [0.25, 0.3) is 0 Å². The second kappa shape index (κ2) is 4.39. The van der Waals surface area contributed by atoms with E-state index in [1.54, 1.807) is 17.5 Å². The highest BCUT2D eigenvalue weighted by atomic mass is 32.1. The van der Waals surface area contributed by atoms with E-state index in [1.165, 1.54) is 4.88 Å². The van der Waals surface area contributed by atoms with Crippen LogP contribution in [0.5, 0.6) is 0 Å². The fourth-order valence-corrected chi connectivity index (χ4v) is 2.43. The van der Waals surface area contributed by atoms with Crippen LogP contribution in [0.2, 0.25) is 0 Å². The van der Waals surface area contributed by atoms with Gasteiger partial charge in [-0.2, -0.15) is 5.10 Å². The van der Waals surface area contributed by atoms with Crippen LogP contribution in [0.25, 0.3) is 0 Å². The average Bonchev–Trinajstić information content (AvgIpc) is 2.84. The first kappa shape index (κ1) is 11.4. The van der Waals surface area contributed by atoms with Gasteiger partial charge in [0.15, 0.2) is 0 Å². The maximum atomic E-state index is 10.2. The van der Waals surface area contributed by atoms with Gasteiger partial charge in [0.2, 0.25) is 0 Å². The van der Waals surface area contributed by atoms with E-state index in [1.807, 2.05) is 29.9 Å². The summed E-state index contributed by atoms with van der Waals surface area (Å²) in [6, 6.07) is 4.32. The fourth-order valence-electron chi connectivity index (χ4n) is 1.54. The minimum absolute atomic E-state index is 0.325. The number of aliphatic hydroxyl groups is 1.